The Morgan fingerprint density at radius 1 is 0.972 bits per heavy atom. The highest BCUT2D eigenvalue weighted by Gasteiger charge is 2.35. The summed E-state index contributed by atoms with van der Waals surface area (Å²) in [5.74, 6) is -0.399. The van der Waals surface area contributed by atoms with Crippen LogP contribution in [-0.4, -0.2) is 43.8 Å². The Kier molecular flexibility index (Phi) is 7.36. The molecule has 1 atom stereocenters. The Balaban J connectivity index is 1.49. The summed E-state index contributed by atoms with van der Waals surface area (Å²) in [5, 5.41) is 4.49. The maximum atomic E-state index is 13.4. The zero-order valence-electron chi connectivity index (χ0n) is 21.2. The van der Waals surface area contributed by atoms with Crippen LogP contribution >= 0.6 is 0 Å². The number of nitrogens with one attached hydrogen (secondary N) is 1. The van der Waals surface area contributed by atoms with Gasteiger partial charge >= 0.3 is 0 Å². The number of carbonyl (C=O) groups is 2. The quantitative estimate of drug-likeness (QED) is 0.466. The molecule has 4 rings (SSSR count). The van der Waals surface area contributed by atoms with Gasteiger partial charge in [-0.3, -0.25) is 13.9 Å². The van der Waals surface area contributed by atoms with Crippen molar-refractivity contribution < 1.29 is 18.0 Å². The Morgan fingerprint density at radius 3 is 2.31 bits per heavy atom. The van der Waals surface area contributed by atoms with Gasteiger partial charge in [-0.1, -0.05) is 54.1 Å². The zero-order valence-corrected chi connectivity index (χ0v) is 22.0. The molecule has 8 heteroatoms. The molecule has 0 radical (unpaired) electrons. The number of aryl methyl sites for hydroxylation is 1. The standard InChI is InChI=1S/C28H33N3O4S/c1-19(2)29-28(33)21(4)30(18-22-15-13-20(3)14-16-22)26(32)12-7-17-31-24-10-5-8-23-9-6-11-25(27(23)24)36(31,34)35/h5-6,8-11,13-16,19,21H,7,12,17-18H2,1-4H3,(H,29,33). The first kappa shape index (κ1) is 25.7. The molecule has 3 aromatic rings. The number of nitrogens with zero attached hydrogens (tertiary/aromatic N) is 2. The van der Waals surface area contributed by atoms with Crippen LogP contribution in [0.25, 0.3) is 10.8 Å². The number of carbonyl (C=O) groups excluding carboxylic acids is 2. The number of hydrogen-bond acceptors (Lipinski definition) is 4. The Hall–Kier alpha value is -3.39. The molecule has 2 amide bonds. The van der Waals surface area contributed by atoms with Crippen LogP contribution in [-0.2, 0) is 26.2 Å². The van der Waals surface area contributed by atoms with Gasteiger partial charge in [0.15, 0.2) is 0 Å². The van der Waals surface area contributed by atoms with Gasteiger partial charge in [0, 0.05) is 30.9 Å². The largest absolute Gasteiger partial charge is 0.352 e. The van der Waals surface area contributed by atoms with Crippen molar-refractivity contribution in [1.82, 2.24) is 10.2 Å². The highest BCUT2D eigenvalue weighted by molar-refractivity contribution is 7.93. The lowest BCUT2D eigenvalue weighted by atomic mass is 10.1. The van der Waals surface area contributed by atoms with E-state index in [4.69, 9.17) is 0 Å². The van der Waals surface area contributed by atoms with E-state index in [1.807, 2.05) is 63.2 Å². The number of rotatable bonds is 9. The van der Waals surface area contributed by atoms with Crippen LogP contribution in [0.4, 0.5) is 5.69 Å². The predicted octanol–water partition coefficient (Wildman–Crippen LogP) is 4.38. The summed E-state index contributed by atoms with van der Waals surface area (Å²) in [7, 11) is -3.67. The topological polar surface area (TPSA) is 86.8 Å². The second kappa shape index (κ2) is 10.3. The van der Waals surface area contributed by atoms with E-state index in [-0.39, 0.29) is 30.8 Å². The van der Waals surface area contributed by atoms with E-state index in [0.29, 0.717) is 23.5 Å². The van der Waals surface area contributed by atoms with E-state index in [1.54, 1.807) is 30.0 Å². The number of anilines is 1. The molecule has 0 saturated heterocycles. The minimum absolute atomic E-state index is 0.0407. The molecule has 3 aromatic carbocycles. The van der Waals surface area contributed by atoms with E-state index in [2.05, 4.69) is 5.32 Å². The SMILES string of the molecule is Cc1ccc(CN(C(=O)CCCN2c3cccc4cccc(c34)S2(=O)=O)C(C)C(=O)NC(C)C)cc1. The molecule has 36 heavy (non-hydrogen) atoms. The summed E-state index contributed by atoms with van der Waals surface area (Å²) in [4.78, 5) is 28.0. The lowest BCUT2D eigenvalue weighted by Gasteiger charge is -2.30. The lowest BCUT2D eigenvalue weighted by Crippen LogP contribution is -2.49. The van der Waals surface area contributed by atoms with Crippen LogP contribution in [0.3, 0.4) is 0 Å². The van der Waals surface area contributed by atoms with Gasteiger partial charge in [0.1, 0.15) is 6.04 Å². The second-order valence-corrected chi connectivity index (χ2v) is 11.5. The molecule has 0 bridgehead atoms. The Labute approximate surface area is 213 Å². The summed E-state index contributed by atoms with van der Waals surface area (Å²) < 4.78 is 27.8. The molecule has 1 unspecified atom stereocenters. The van der Waals surface area contributed by atoms with Gasteiger partial charge in [0.2, 0.25) is 11.8 Å². The number of benzene rings is 3. The molecule has 1 heterocycles. The van der Waals surface area contributed by atoms with Gasteiger partial charge in [-0.15, -0.1) is 0 Å². The first-order valence-corrected chi connectivity index (χ1v) is 13.7. The number of hydrogen-bond donors (Lipinski definition) is 1. The molecular weight excluding hydrogens is 474 g/mol. The molecule has 0 fully saturated rings. The van der Waals surface area contributed by atoms with Gasteiger partial charge in [-0.05, 0) is 57.2 Å². The molecule has 0 spiro atoms. The van der Waals surface area contributed by atoms with Crippen molar-refractivity contribution in [3.63, 3.8) is 0 Å². The number of sulfonamides is 1. The van der Waals surface area contributed by atoms with Crippen molar-refractivity contribution in [2.24, 2.45) is 0 Å². The Morgan fingerprint density at radius 2 is 1.64 bits per heavy atom. The van der Waals surface area contributed by atoms with Crippen LogP contribution in [0.2, 0.25) is 0 Å². The summed E-state index contributed by atoms with van der Waals surface area (Å²) in [6.45, 7) is 7.98. The maximum Gasteiger partial charge on any atom is 0.265 e. The summed E-state index contributed by atoms with van der Waals surface area (Å²) in [6, 6.07) is 18.0. The smallest absolute Gasteiger partial charge is 0.265 e. The molecule has 1 N–H and O–H groups in total. The lowest BCUT2D eigenvalue weighted by molar-refractivity contribution is -0.140. The summed E-state index contributed by atoms with van der Waals surface area (Å²) in [6.07, 6.45) is 0.467. The molecule has 0 aliphatic carbocycles. The van der Waals surface area contributed by atoms with Gasteiger partial charge < -0.3 is 10.2 Å². The van der Waals surface area contributed by atoms with Crippen molar-refractivity contribution in [3.05, 3.63) is 71.8 Å². The molecule has 190 valence electrons. The maximum absolute atomic E-state index is 13.4. The van der Waals surface area contributed by atoms with E-state index < -0.39 is 16.1 Å². The summed E-state index contributed by atoms with van der Waals surface area (Å²) >= 11 is 0. The average Bonchev–Trinajstić information content (AvgIpc) is 3.06. The molecule has 1 aliphatic heterocycles. The third-order valence-corrected chi connectivity index (χ3v) is 8.36. The van der Waals surface area contributed by atoms with Gasteiger partial charge in [0.25, 0.3) is 10.0 Å². The highest BCUT2D eigenvalue weighted by Crippen LogP contribution is 2.42. The number of amides is 2. The van der Waals surface area contributed by atoms with Gasteiger partial charge in [-0.25, -0.2) is 8.42 Å². The fourth-order valence-electron chi connectivity index (χ4n) is 4.59. The average molecular weight is 508 g/mol. The van der Waals surface area contributed by atoms with Crippen LogP contribution in [0.1, 0.15) is 44.7 Å². The fourth-order valence-corrected chi connectivity index (χ4v) is 6.34. The first-order valence-electron chi connectivity index (χ1n) is 12.3. The Bertz CT molecular complexity index is 1380. The minimum Gasteiger partial charge on any atom is -0.352 e. The molecule has 0 saturated carbocycles. The monoisotopic (exact) mass is 507 g/mol. The van der Waals surface area contributed by atoms with Crippen molar-refractivity contribution in [2.75, 3.05) is 10.8 Å². The highest BCUT2D eigenvalue weighted by atomic mass is 32.2. The minimum atomic E-state index is -3.67. The van der Waals surface area contributed by atoms with E-state index in [0.717, 1.165) is 21.9 Å². The van der Waals surface area contributed by atoms with E-state index in [9.17, 15) is 18.0 Å². The molecular formula is C28H33N3O4S. The molecule has 1 aliphatic rings. The predicted molar refractivity (Wildman–Crippen MR) is 142 cm³/mol. The van der Waals surface area contributed by atoms with Crippen molar-refractivity contribution >= 4 is 38.3 Å². The van der Waals surface area contributed by atoms with Crippen molar-refractivity contribution in [3.8, 4) is 0 Å². The molecule has 7 nitrogen and oxygen atoms in total. The molecule has 0 aromatic heterocycles. The van der Waals surface area contributed by atoms with Crippen LogP contribution in [0, 0.1) is 6.92 Å². The van der Waals surface area contributed by atoms with Crippen LogP contribution in [0.5, 0.6) is 0 Å². The normalized spacial score (nSPS) is 14.8. The van der Waals surface area contributed by atoms with E-state index >= 15 is 0 Å². The van der Waals surface area contributed by atoms with Crippen LogP contribution < -0.4 is 9.62 Å². The second-order valence-electron chi connectivity index (χ2n) is 9.66. The third-order valence-electron chi connectivity index (χ3n) is 6.50. The van der Waals surface area contributed by atoms with Gasteiger partial charge in [0.05, 0.1) is 10.6 Å². The zero-order chi connectivity index (χ0) is 26.0. The van der Waals surface area contributed by atoms with Gasteiger partial charge in [-0.2, -0.15) is 0 Å². The fraction of sp³-hybridized carbons (Fsp3) is 0.357. The first-order chi connectivity index (χ1) is 17.1. The van der Waals surface area contributed by atoms with Crippen molar-refractivity contribution in [2.45, 2.75) is 64.1 Å². The van der Waals surface area contributed by atoms with Crippen LogP contribution in [0.15, 0.2) is 65.6 Å². The van der Waals surface area contributed by atoms with E-state index in [1.165, 1.54) is 4.31 Å². The summed E-state index contributed by atoms with van der Waals surface area (Å²) in [5.41, 5.74) is 2.70. The third kappa shape index (κ3) is 5.09. The van der Waals surface area contributed by atoms with Crippen molar-refractivity contribution in [1.29, 1.82) is 0 Å².